The number of carbonyl (C=O) groups excluding carboxylic acids is 1. The van der Waals surface area contributed by atoms with Gasteiger partial charge in [0.2, 0.25) is 10.0 Å². The van der Waals surface area contributed by atoms with E-state index in [0.717, 1.165) is 5.56 Å². The van der Waals surface area contributed by atoms with Crippen LogP contribution in [0.2, 0.25) is 5.02 Å². The maximum atomic E-state index is 12.2. The third-order valence-electron chi connectivity index (χ3n) is 3.82. The average Bonchev–Trinajstić information content (AvgIpc) is 2.58. The van der Waals surface area contributed by atoms with Crippen LogP contribution >= 0.6 is 11.6 Å². The van der Waals surface area contributed by atoms with Gasteiger partial charge in [-0.1, -0.05) is 29.8 Å². The summed E-state index contributed by atoms with van der Waals surface area (Å²) in [6.07, 6.45) is 2.64. The number of rotatable bonds is 5. The molecule has 25 heavy (non-hydrogen) atoms. The van der Waals surface area contributed by atoms with Crippen LogP contribution in [-0.2, 0) is 21.4 Å². The van der Waals surface area contributed by atoms with Gasteiger partial charge in [-0.3, -0.25) is 4.79 Å². The van der Waals surface area contributed by atoms with Gasteiger partial charge in [0.25, 0.3) is 5.91 Å². The van der Waals surface area contributed by atoms with Gasteiger partial charge >= 0.3 is 0 Å². The normalized spacial score (nSPS) is 16.4. The van der Waals surface area contributed by atoms with E-state index in [4.69, 9.17) is 11.6 Å². The Kier molecular flexibility index (Phi) is 6.42. The van der Waals surface area contributed by atoms with Crippen molar-refractivity contribution in [1.82, 2.24) is 14.5 Å². The molecular formula is C16H19ClN4O3S. The van der Waals surface area contributed by atoms with Gasteiger partial charge in [-0.2, -0.15) is 9.57 Å². The van der Waals surface area contributed by atoms with Gasteiger partial charge in [-0.15, -0.1) is 0 Å². The quantitative estimate of drug-likeness (QED) is 0.604. The number of hydrogen-bond donors (Lipinski definition) is 1. The van der Waals surface area contributed by atoms with Gasteiger partial charge < -0.3 is 10.2 Å². The molecule has 0 spiro atoms. The molecule has 1 aliphatic rings. The zero-order valence-electron chi connectivity index (χ0n) is 13.8. The molecule has 1 aromatic carbocycles. The second kappa shape index (κ2) is 8.34. The molecule has 1 amide bonds. The number of nitriles is 1. The van der Waals surface area contributed by atoms with Gasteiger partial charge in [0.05, 0.1) is 6.26 Å². The van der Waals surface area contributed by atoms with Crippen molar-refractivity contribution in [3.8, 4) is 6.07 Å². The highest BCUT2D eigenvalue weighted by Crippen LogP contribution is 2.14. The SMILES string of the molecule is CS(=O)(=O)N1CCN(/C=C(/C#N)C(=O)NCc2ccccc2Cl)CC1. The zero-order valence-corrected chi connectivity index (χ0v) is 15.3. The van der Waals surface area contributed by atoms with E-state index in [9.17, 15) is 18.5 Å². The van der Waals surface area contributed by atoms with E-state index in [2.05, 4.69) is 5.32 Å². The summed E-state index contributed by atoms with van der Waals surface area (Å²) in [6, 6.07) is 9.02. The molecule has 7 nitrogen and oxygen atoms in total. The Balaban J connectivity index is 1.95. The van der Waals surface area contributed by atoms with Crippen LogP contribution < -0.4 is 5.32 Å². The van der Waals surface area contributed by atoms with Crippen LogP contribution in [0.1, 0.15) is 5.56 Å². The van der Waals surface area contributed by atoms with Crippen LogP contribution in [0.4, 0.5) is 0 Å². The van der Waals surface area contributed by atoms with E-state index in [-0.39, 0.29) is 12.1 Å². The van der Waals surface area contributed by atoms with E-state index in [1.54, 1.807) is 23.1 Å². The lowest BCUT2D eigenvalue weighted by molar-refractivity contribution is -0.117. The van der Waals surface area contributed by atoms with E-state index in [0.29, 0.717) is 31.2 Å². The van der Waals surface area contributed by atoms with Gasteiger partial charge in [-0.05, 0) is 11.6 Å². The lowest BCUT2D eigenvalue weighted by Gasteiger charge is -2.32. The van der Waals surface area contributed by atoms with Crippen LogP contribution in [0.25, 0.3) is 0 Å². The number of carbonyl (C=O) groups is 1. The molecule has 0 unspecified atom stereocenters. The van der Waals surface area contributed by atoms with E-state index in [1.807, 2.05) is 12.1 Å². The molecule has 134 valence electrons. The van der Waals surface area contributed by atoms with Crippen molar-refractivity contribution in [2.24, 2.45) is 0 Å². The van der Waals surface area contributed by atoms with E-state index in [1.165, 1.54) is 16.8 Å². The molecule has 1 fully saturated rings. The first-order chi connectivity index (χ1) is 11.8. The van der Waals surface area contributed by atoms with Crippen molar-refractivity contribution in [3.63, 3.8) is 0 Å². The maximum absolute atomic E-state index is 12.2. The van der Waals surface area contributed by atoms with Crippen molar-refractivity contribution in [2.45, 2.75) is 6.54 Å². The predicted molar refractivity (Wildman–Crippen MR) is 95.0 cm³/mol. The monoisotopic (exact) mass is 382 g/mol. The number of piperazine rings is 1. The summed E-state index contributed by atoms with van der Waals surface area (Å²) in [4.78, 5) is 14.0. The van der Waals surface area contributed by atoms with Crippen molar-refractivity contribution in [2.75, 3.05) is 32.4 Å². The molecule has 9 heteroatoms. The Labute approximate surface area is 152 Å². The number of benzene rings is 1. The molecule has 1 N–H and O–H groups in total. The molecule has 0 aromatic heterocycles. The van der Waals surface area contributed by atoms with Crippen molar-refractivity contribution >= 4 is 27.5 Å². The smallest absolute Gasteiger partial charge is 0.263 e. The van der Waals surface area contributed by atoms with Crippen LogP contribution in [0.5, 0.6) is 0 Å². The van der Waals surface area contributed by atoms with E-state index < -0.39 is 15.9 Å². The van der Waals surface area contributed by atoms with Crippen molar-refractivity contribution in [1.29, 1.82) is 5.26 Å². The predicted octanol–water partition coefficient (Wildman–Crippen LogP) is 0.941. The van der Waals surface area contributed by atoms with Gasteiger partial charge in [0.1, 0.15) is 11.6 Å². The third-order valence-corrected chi connectivity index (χ3v) is 5.49. The highest BCUT2D eigenvalue weighted by molar-refractivity contribution is 7.88. The molecule has 1 saturated heterocycles. The Bertz CT molecular complexity index is 809. The van der Waals surface area contributed by atoms with Crippen LogP contribution in [-0.4, -0.2) is 56.0 Å². The van der Waals surface area contributed by atoms with Gasteiger partial charge in [-0.25, -0.2) is 8.42 Å². The fraction of sp³-hybridized carbons (Fsp3) is 0.375. The zero-order chi connectivity index (χ0) is 18.4. The number of sulfonamides is 1. The molecule has 0 radical (unpaired) electrons. The molecule has 1 aromatic rings. The summed E-state index contributed by atoms with van der Waals surface area (Å²) in [6.45, 7) is 1.73. The Morgan fingerprint density at radius 1 is 1.32 bits per heavy atom. The van der Waals surface area contributed by atoms with Gasteiger partial charge in [0, 0.05) is 43.9 Å². The standard InChI is InChI=1S/C16H19ClN4O3S/c1-25(23,24)21-8-6-20(7-9-21)12-14(10-18)16(22)19-11-13-4-2-3-5-15(13)17/h2-5,12H,6-9,11H2,1H3,(H,19,22)/b14-12-. The first kappa shape index (κ1) is 19.2. The molecule has 1 heterocycles. The number of amides is 1. The van der Waals surface area contributed by atoms with Crippen LogP contribution in [0.3, 0.4) is 0 Å². The lowest BCUT2D eigenvalue weighted by atomic mass is 10.2. The summed E-state index contributed by atoms with van der Waals surface area (Å²) >= 11 is 6.03. The number of hydrogen-bond acceptors (Lipinski definition) is 5. The molecule has 1 aliphatic heterocycles. The first-order valence-corrected chi connectivity index (χ1v) is 9.86. The second-order valence-corrected chi connectivity index (χ2v) is 8.02. The summed E-state index contributed by atoms with van der Waals surface area (Å²) in [5.41, 5.74) is 0.733. The van der Waals surface area contributed by atoms with Crippen LogP contribution in [0.15, 0.2) is 36.0 Å². The van der Waals surface area contributed by atoms with Crippen LogP contribution in [0, 0.1) is 11.3 Å². The fourth-order valence-electron chi connectivity index (χ4n) is 2.40. The Morgan fingerprint density at radius 3 is 2.52 bits per heavy atom. The Hall–Kier alpha value is -2.08. The minimum atomic E-state index is -3.21. The number of nitrogens with one attached hydrogen (secondary N) is 1. The fourth-order valence-corrected chi connectivity index (χ4v) is 3.43. The highest BCUT2D eigenvalue weighted by atomic mass is 35.5. The maximum Gasteiger partial charge on any atom is 0.263 e. The van der Waals surface area contributed by atoms with Gasteiger partial charge in [0.15, 0.2) is 0 Å². The number of nitrogens with zero attached hydrogens (tertiary/aromatic N) is 3. The minimum absolute atomic E-state index is 0.0279. The van der Waals surface area contributed by atoms with Crippen molar-refractivity contribution < 1.29 is 13.2 Å². The van der Waals surface area contributed by atoms with Crippen molar-refractivity contribution in [3.05, 3.63) is 46.6 Å². The molecule has 0 saturated carbocycles. The number of halogens is 1. The topological polar surface area (TPSA) is 93.5 Å². The molecule has 0 bridgehead atoms. The molecule has 0 atom stereocenters. The molecule has 2 rings (SSSR count). The summed E-state index contributed by atoms with van der Waals surface area (Å²) in [5, 5.41) is 12.4. The summed E-state index contributed by atoms with van der Waals surface area (Å²) in [5.74, 6) is -0.493. The lowest BCUT2D eigenvalue weighted by Crippen LogP contribution is -2.46. The molecular weight excluding hydrogens is 364 g/mol. The first-order valence-electron chi connectivity index (χ1n) is 7.64. The summed E-state index contributed by atoms with van der Waals surface area (Å²) < 4.78 is 24.4. The Morgan fingerprint density at radius 2 is 1.96 bits per heavy atom. The minimum Gasteiger partial charge on any atom is -0.373 e. The second-order valence-electron chi connectivity index (χ2n) is 5.63. The third kappa shape index (κ3) is 5.46. The average molecular weight is 383 g/mol. The molecule has 0 aliphatic carbocycles. The largest absolute Gasteiger partial charge is 0.373 e. The summed E-state index contributed by atoms with van der Waals surface area (Å²) in [7, 11) is -3.21. The highest BCUT2D eigenvalue weighted by Gasteiger charge is 2.23. The van der Waals surface area contributed by atoms with E-state index >= 15 is 0 Å².